The first kappa shape index (κ1) is 24.3. The number of benzene rings is 1. The molecule has 4 rings (SSSR count). The SMILES string of the molecule is CC(C)C1CN(c2cc(C3CC3)c3c(c2C#N)CC(C)(C)OC3)CCN1C(=O)NCCC(=O)O. The molecule has 8 nitrogen and oxygen atoms in total. The van der Waals surface area contributed by atoms with Crippen LogP contribution < -0.4 is 10.2 Å². The Morgan fingerprint density at radius 1 is 1.29 bits per heavy atom. The molecule has 1 atom stereocenters. The number of hydrogen-bond acceptors (Lipinski definition) is 5. The molecule has 1 saturated heterocycles. The van der Waals surface area contributed by atoms with Gasteiger partial charge in [0.05, 0.1) is 35.9 Å². The average molecular weight is 469 g/mol. The molecule has 2 N–H and O–H groups in total. The predicted molar refractivity (Wildman–Crippen MR) is 129 cm³/mol. The Bertz CT molecular complexity index is 1010. The van der Waals surface area contributed by atoms with E-state index in [-0.39, 0.29) is 36.6 Å². The second-order valence-electron chi connectivity index (χ2n) is 10.8. The van der Waals surface area contributed by atoms with Crippen molar-refractivity contribution in [3.05, 3.63) is 28.3 Å². The summed E-state index contributed by atoms with van der Waals surface area (Å²) in [7, 11) is 0. The van der Waals surface area contributed by atoms with Gasteiger partial charge in [0.25, 0.3) is 0 Å². The van der Waals surface area contributed by atoms with Gasteiger partial charge in [-0.2, -0.15) is 5.26 Å². The lowest BCUT2D eigenvalue weighted by atomic mass is 9.83. The topological polar surface area (TPSA) is 106 Å². The zero-order valence-corrected chi connectivity index (χ0v) is 20.7. The summed E-state index contributed by atoms with van der Waals surface area (Å²) in [6, 6.07) is 4.48. The minimum Gasteiger partial charge on any atom is -0.481 e. The first-order chi connectivity index (χ1) is 16.1. The number of carbonyl (C=O) groups is 2. The Morgan fingerprint density at radius 2 is 2.03 bits per heavy atom. The molecule has 0 aromatic heterocycles. The number of nitriles is 1. The third-order valence-corrected chi connectivity index (χ3v) is 7.31. The van der Waals surface area contributed by atoms with Crippen LogP contribution in [0.15, 0.2) is 6.07 Å². The van der Waals surface area contributed by atoms with Gasteiger partial charge in [-0.3, -0.25) is 4.79 Å². The number of anilines is 1. The molecule has 2 amide bonds. The summed E-state index contributed by atoms with van der Waals surface area (Å²) in [5.41, 5.74) is 5.10. The number of piperazine rings is 1. The Hall–Kier alpha value is -2.79. The number of aliphatic carboxylic acids is 1. The molecule has 1 aromatic carbocycles. The number of ether oxygens (including phenoxy) is 1. The summed E-state index contributed by atoms with van der Waals surface area (Å²) < 4.78 is 6.12. The Balaban J connectivity index is 1.62. The van der Waals surface area contributed by atoms with Crippen LogP contribution in [-0.2, 0) is 22.6 Å². The lowest BCUT2D eigenvalue weighted by Crippen LogP contribution is -2.59. The number of nitrogens with zero attached hydrogens (tertiary/aromatic N) is 3. The monoisotopic (exact) mass is 468 g/mol. The molecule has 0 radical (unpaired) electrons. The third kappa shape index (κ3) is 5.00. The molecule has 1 aliphatic carbocycles. The number of fused-ring (bicyclic) bond motifs is 1. The fourth-order valence-corrected chi connectivity index (χ4v) is 5.26. The van der Waals surface area contributed by atoms with Crippen LogP contribution in [0.5, 0.6) is 0 Å². The molecule has 1 aromatic rings. The first-order valence-electron chi connectivity index (χ1n) is 12.3. The van der Waals surface area contributed by atoms with Crippen LogP contribution in [0.2, 0.25) is 0 Å². The fourth-order valence-electron chi connectivity index (χ4n) is 5.26. The predicted octanol–water partition coefficient (Wildman–Crippen LogP) is 3.62. The van der Waals surface area contributed by atoms with E-state index < -0.39 is 5.97 Å². The average Bonchev–Trinajstić information content (AvgIpc) is 3.61. The summed E-state index contributed by atoms with van der Waals surface area (Å²) in [5.74, 6) is -0.166. The molecule has 2 fully saturated rings. The second-order valence-corrected chi connectivity index (χ2v) is 10.8. The number of amides is 2. The smallest absolute Gasteiger partial charge is 0.317 e. The fraction of sp³-hybridized carbons (Fsp3) is 0.654. The molecule has 2 aliphatic heterocycles. The minimum absolute atomic E-state index is 0.0368. The van der Waals surface area contributed by atoms with Crippen molar-refractivity contribution >= 4 is 17.7 Å². The van der Waals surface area contributed by atoms with Gasteiger partial charge in [0.2, 0.25) is 0 Å². The molecule has 184 valence electrons. The maximum atomic E-state index is 12.8. The van der Waals surface area contributed by atoms with Crippen LogP contribution in [0.4, 0.5) is 10.5 Å². The first-order valence-corrected chi connectivity index (χ1v) is 12.3. The maximum Gasteiger partial charge on any atom is 0.317 e. The van der Waals surface area contributed by atoms with Gasteiger partial charge in [-0.15, -0.1) is 0 Å². The number of urea groups is 1. The molecule has 0 spiro atoms. The molecule has 8 heteroatoms. The van der Waals surface area contributed by atoms with Crippen molar-refractivity contribution < 1.29 is 19.4 Å². The number of rotatable bonds is 6. The minimum atomic E-state index is -0.929. The van der Waals surface area contributed by atoms with Crippen molar-refractivity contribution in [2.75, 3.05) is 31.1 Å². The summed E-state index contributed by atoms with van der Waals surface area (Å²) in [6.45, 7) is 10.8. The van der Waals surface area contributed by atoms with Crippen LogP contribution >= 0.6 is 0 Å². The van der Waals surface area contributed by atoms with Gasteiger partial charge in [0.1, 0.15) is 6.07 Å². The zero-order valence-electron chi connectivity index (χ0n) is 20.7. The van der Waals surface area contributed by atoms with Gasteiger partial charge >= 0.3 is 12.0 Å². The van der Waals surface area contributed by atoms with Crippen LogP contribution in [-0.4, -0.2) is 59.8 Å². The number of carboxylic acids is 1. The Labute approximate surface area is 201 Å². The van der Waals surface area contributed by atoms with E-state index >= 15 is 0 Å². The zero-order chi connectivity index (χ0) is 24.6. The second kappa shape index (κ2) is 9.46. The highest BCUT2D eigenvalue weighted by atomic mass is 16.5. The van der Waals surface area contributed by atoms with Crippen LogP contribution in [0.25, 0.3) is 0 Å². The van der Waals surface area contributed by atoms with Crippen LogP contribution in [0, 0.1) is 17.2 Å². The number of carbonyl (C=O) groups excluding carboxylic acids is 1. The van der Waals surface area contributed by atoms with E-state index in [1.165, 1.54) is 24.0 Å². The molecular formula is C26H36N4O4. The maximum absolute atomic E-state index is 12.8. The van der Waals surface area contributed by atoms with Gasteiger partial charge in [0, 0.05) is 32.6 Å². The van der Waals surface area contributed by atoms with E-state index in [4.69, 9.17) is 9.84 Å². The van der Waals surface area contributed by atoms with Crippen molar-refractivity contribution in [2.24, 2.45) is 5.92 Å². The molecular weight excluding hydrogens is 432 g/mol. The van der Waals surface area contributed by atoms with Gasteiger partial charge in [-0.05, 0) is 61.3 Å². The molecule has 1 saturated carbocycles. The third-order valence-electron chi connectivity index (χ3n) is 7.31. The molecule has 1 unspecified atom stereocenters. The van der Waals surface area contributed by atoms with Crippen molar-refractivity contribution in [3.63, 3.8) is 0 Å². The molecule has 0 bridgehead atoms. The highest BCUT2D eigenvalue weighted by Gasteiger charge is 2.38. The lowest BCUT2D eigenvalue weighted by molar-refractivity contribution is -0.136. The summed E-state index contributed by atoms with van der Waals surface area (Å²) in [6.07, 6.45) is 2.99. The molecule has 34 heavy (non-hydrogen) atoms. The Kier molecular flexibility index (Phi) is 6.77. The van der Waals surface area contributed by atoms with E-state index in [0.29, 0.717) is 32.2 Å². The number of hydrogen-bond donors (Lipinski definition) is 2. The van der Waals surface area contributed by atoms with Crippen molar-refractivity contribution in [1.29, 1.82) is 5.26 Å². The van der Waals surface area contributed by atoms with E-state index in [1.54, 1.807) is 0 Å². The molecule has 2 heterocycles. The normalized spacial score (nSPS) is 21.7. The van der Waals surface area contributed by atoms with E-state index in [1.807, 2.05) is 4.90 Å². The summed E-state index contributed by atoms with van der Waals surface area (Å²) in [4.78, 5) is 27.7. The van der Waals surface area contributed by atoms with E-state index in [0.717, 1.165) is 23.2 Å². The van der Waals surface area contributed by atoms with Gasteiger partial charge < -0.3 is 25.0 Å². The van der Waals surface area contributed by atoms with Crippen LogP contribution in [0.3, 0.4) is 0 Å². The van der Waals surface area contributed by atoms with Crippen molar-refractivity contribution in [1.82, 2.24) is 10.2 Å². The lowest BCUT2D eigenvalue weighted by Gasteiger charge is -2.45. The Morgan fingerprint density at radius 3 is 2.65 bits per heavy atom. The van der Waals surface area contributed by atoms with Crippen LogP contribution in [0.1, 0.15) is 75.1 Å². The van der Waals surface area contributed by atoms with Crippen molar-refractivity contribution in [2.45, 2.75) is 77.5 Å². The molecule has 3 aliphatic rings. The summed E-state index contributed by atoms with van der Waals surface area (Å²) in [5, 5.41) is 21.9. The van der Waals surface area contributed by atoms with E-state index in [2.05, 4.69) is 50.0 Å². The quantitative estimate of drug-likeness (QED) is 0.661. The van der Waals surface area contributed by atoms with Gasteiger partial charge in [-0.1, -0.05) is 13.8 Å². The highest BCUT2D eigenvalue weighted by Crippen LogP contribution is 2.47. The van der Waals surface area contributed by atoms with E-state index in [9.17, 15) is 14.9 Å². The van der Waals surface area contributed by atoms with Crippen molar-refractivity contribution in [3.8, 4) is 6.07 Å². The standard InChI is InChI=1S/C26H36N4O4/c1-16(2)23-14-29(9-10-30(23)25(33)28-8-7-24(31)32)22-11-18(17-5-6-17)21-15-34-26(3,4)12-19(21)20(22)13-27/h11,16-17,23H,5-10,12,14-15H2,1-4H3,(H,28,33)(H,31,32). The number of carboxylic acid groups (broad SMARTS) is 1. The number of nitrogens with one attached hydrogen (secondary N) is 1. The largest absolute Gasteiger partial charge is 0.481 e. The van der Waals surface area contributed by atoms with Gasteiger partial charge in [0.15, 0.2) is 0 Å². The summed E-state index contributed by atoms with van der Waals surface area (Å²) >= 11 is 0. The highest BCUT2D eigenvalue weighted by molar-refractivity contribution is 5.76. The van der Waals surface area contributed by atoms with Gasteiger partial charge in [-0.25, -0.2) is 4.79 Å².